The van der Waals surface area contributed by atoms with Crippen molar-refractivity contribution in [3.63, 3.8) is 0 Å². The normalized spacial score (nSPS) is 17.7. The lowest BCUT2D eigenvalue weighted by Crippen LogP contribution is -2.21. The van der Waals surface area contributed by atoms with Crippen LogP contribution in [0.3, 0.4) is 0 Å². The van der Waals surface area contributed by atoms with E-state index in [9.17, 15) is 9.59 Å². The average Bonchev–Trinajstić information content (AvgIpc) is 3.26. The number of anilines is 2. The van der Waals surface area contributed by atoms with Crippen molar-refractivity contribution in [3.05, 3.63) is 65.5 Å². The number of pyridine rings is 2. The summed E-state index contributed by atoms with van der Waals surface area (Å²) in [5, 5.41) is 7.57. The van der Waals surface area contributed by atoms with Crippen molar-refractivity contribution in [1.29, 1.82) is 0 Å². The topological polar surface area (TPSA) is 111 Å². The number of rotatable bonds is 8. The Bertz CT molecular complexity index is 1100. The third kappa shape index (κ3) is 5.64. The van der Waals surface area contributed by atoms with Crippen molar-refractivity contribution in [2.45, 2.75) is 36.4 Å². The van der Waals surface area contributed by atoms with Crippen LogP contribution in [0.5, 0.6) is 0 Å². The van der Waals surface area contributed by atoms with E-state index in [0.717, 1.165) is 30.8 Å². The molecule has 4 rings (SSSR count). The predicted molar refractivity (Wildman–Crippen MR) is 123 cm³/mol. The quantitative estimate of drug-likeness (QED) is 0.394. The summed E-state index contributed by atoms with van der Waals surface area (Å²) in [4.78, 5) is 36.3. The fourth-order valence-corrected chi connectivity index (χ4v) is 4.21. The van der Waals surface area contributed by atoms with Gasteiger partial charge < -0.3 is 15.4 Å². The highest BCUT2D eigenvalue weighted by molar-refractivity contribution is 7.99. The highest BCUT2D eigenvalue weighted by Crippen LogP contribution is 2.25. The molecule has 0 radical (unpaired) electrons. The van der Waals surface area contributed by atoms with Gasteiger partial charge in [-0.3, -0.25) is 14.2 Å². The Morgan fingerprint density at radius 1 is 1.06 bits per heavy atom. The number of aromatic nitrogens is 4. The molecule has 1 aliphatic carbocycles. The van der Waals surface area contributed by atoms with Crippen LogP contribution in [-0.2, 0) is 9.53 Å². The zero-order valence-corrected chi connectivity index (χ0v) is 18.4. The van der Waals surface area contributed by atoms with Gasteiger partial charge in [0.05, 0.1) is 37.1 Å². The number of esters is 1. The third-order valence-electron chi connectivity index (χ3n) is 5.18. The van der Waals surface area contributed by atoms with Gasteiger partial charge in [0.1, 0.15) is 16.7 Å². The van der Waals surface area contributed by atoms with E-state index in [1.54, 1.807) is 35.4 Å². The lowest BCUT2D eigenvalue weighted by atomic mass is 10.2. The zero-order valence-electron chi connectivity index (χ0n) is 17.6. The fraction of sp³-hybridized carbons (Fsp3) is 0.318. The molecule has 3 heterocycles. The molecular formula is C22H24N6O3S. The second-order valence-electron chi connectivity index (χ2n) is 7.41. The van der Waals surface area contributed by atoms with E-state index in [1.807, 2.05) is 18.2 Å². The summed E-state index contributed by atoms with van der Waals surface area (Å²) in [5.41, 5.74) is 0.650. The van der Waals surface area contributed by atoms with Crippen LogP contribution in [0.2, 0.25) is 0 Å². The number of nitrogens with zero attached hydrogens (tertiary/aromatic N) is 4. The molecule has 32 heavy (non-hydrogen) atoms. The van der Waals surface area contributed by atoms with Crippen molar-refractivity contribution in [2.24, 2.45) is 0 Å². The van der Waals surface area contributed by atoms with E-state index in [4.69, 9.17) is 0 Å². The van der Waals surface area contributed by atoms with Crippen molar-refractivity contribution in [2.75, 3.05) is 23.5 Å². The van der Waals surface area contributed by atoms with Crippen LogP contribution in [0.1, 0.15) is 19.3 Å². The number of thioether (sulfide) groups is 1. The lowest BCUT2D eigenvalue weighted by molar-refractivity contribution is -0.137. The number of nitrogens with one attached hydrogen (secondary N) is 2. The fourth-order valence-electron chi connectivity index (χ4n) is 3.57. The first kappa shape index (κ1) is 21.8. The number of ether oxygens (including phenoxy) is 1. The van der Waals surface area contributed by atoms with Crippen LogP contribution in [-0.4, -0.2) is 50.4 Å². The van der Waals surface area contributed by atoms with Gasteiger partial charge in [-0.2, -0.15) is 0 Å². The summed E-state index contributed by atoms with van der Waals surface area (Å²) < 4.78 is 6.19. The number of hydrogen-bond donors (Lipinski definition) is 2. The number of carbonyl (C=O) groups is 1. The molecule has 1 aliphatic rings. The summed E-state index contributed by atoms with van der Waals surface area (Å²) >= 11 is 1.29. The Morgan fingerprint density at radius 3 is 2.50 bits per heavy atom. The van der Waals surface area contributed by atoms with Gasteiger partial charge in [-0.25, -0.2) is 15.0 Å². The van der Waals surface area contributed by atoms with Crippen molar-refractivity contribution < 1.29 is 9.53 Å². The van der Waals surface area contributed by atoms with Gasteiger partial charge in [0.15, 0.2) is 0 Å². The number of hydrogen-bond acceptors (Lipinski definition) is 9. The standard InChI is InChI=1S/C22H24N6O3S/c1-31-22(30)14-32-20-13-24-19(12-25-20)27-16-6-5-15(10-16)26-18-8-7-17(11-23-18)28-9-3-2-4-21(28)29/h2-4,7-9,11-13,15-16H,5-6,10,14H2,1H3,(H,23,26)(H,24,27)/t15-,16-/m0/s1. The maximum absolute atomic E-state index is 11.9. The minimum atomic E-state index is -0.290. The van der Waals surface area contributed by atoms with Crippen LogP contribution < -0.4 is 16.2 Å². The molecule has 1 fully saturated rings. The maximum atomic E-state index is 11.9. The van der Waals surface area contributed by atoms with E-state index < -0.39 is 0 Å². The Balaban J connectivity index is 1.27. The SMILES string of the molecule is COC(=O)CSc1cnc(N[C@H]2CC[C@H](Nc3ccc(-n4ccccc4=O)cn3)C2)cn1. The first-order valence-corrected chi connectivity index (χ1v) is 11.3. The number of carbonyl (C=O) groups excluding carboxylic acids is 1. The molecule has 0 amide bonds. The van der Waals surface area contributed by atoms with Crippen LogP contribution in [0, 0.1) is 0 Å². The Morgan fingerprint density at radius 2 is 1.84 bits per heavy atom. The van der Waals surface area contributed by atoms with E-state index in [2.05, 4.69) is 30.3 Å². The van der Waals surface area contributed by atoms with Crippen LogP contribution in [0.4, 0.5) is 11.6 Å². The second-order valence-corrected chi connectivity index (χ2v) is 8.41. The van der Waals surface area contributed by atoms with Gasteiger partial charge in [0.2, 0.25) is 0 Å². The molecule has 0 bridgehead atoms. The maximum Gasteiger partial charge on any atom is 0.316 e. The van der Waals surface area contributed by atoms with Gasteiger partial charge in [-0.1, -0.05) is 17.8 Å². The molecule has 0 aliphatic heterocycles. The van der Waals surface area contributed by atoms with E-state index >= 15 is 0 Å². The smallest absolute Gasteiger partial charge is 0.316 e. The minimum absolute atomic E-state index is 0.0853. The first-order chi connectivity index (χ1) is 15.6. The monoisotopic (exact) mass is 452 g/mol. The molecule has 3 aromatic heterocycles. The highest BCUT2D eigenvalue weighted by atomic mass is 32.2. The van der Waals surface area contributed by atoms with Crippen LogP contribution in [0.15, 0.2) is 64.9 Å². The molecule has 0 unspecified atom stereocenters. The molecule has 0 aromatic carbocycles. The van der Waals surface area contributed by atoms with E-state index in [0.29, 0.717) is 16.9 Å². The summed E-state index contributed by atoms with van der Waals surface area (Å²) in [7, 11) is 1.36. The Labute approximate surface area is 189 Å². The molecule has 1 saturated carbocycles. The molecule has 9 nitrogen and oxygen atoms in total. The predicted octanol–water partition coefficient (Wildman–Crippen LogP) is 2.73. The molecule has 0 saturated heterocycles. The molecule has 3 aromatic rings. The van der Waals surface area contributed by atoms with Crippen molar-refractivity contribution in [1.82, 2.24) is 19.5 Å². The zero-order chi connectivity index (χ0) is 22.3. The molecule has 2 N–H and O–H groups in total. The molecule has 0 spiro atoms. The lowest BCUT2D eigenvalue weighted by Gasteiger charge is -2.16. The molecular weight excluding hydrogens is 428 g/mol. The third-order valence-corrected chi connectivity index (χ3v) is 6.07. The summed E-state index contributed by atoms with van der Waals surface area (Å²) in [6.45, 7) is 0. The first-order valence-electron chi connectivity index (χ1n) is 10.3. The minimum Gasteiger partial charge on any atom is -0.468 e. The summed E-state index contributed by atoms with van der Waals surface area (Å²) in [5.74, 6) is 1.43. The molecule has 10 heteroatoms. The van der Waals surface area contributed by atoms with E-state index in [-0.39, 0.29) is 23.3 Å². The average molecular weight is 453 g/mol. The van der Waals surface area contributed by atoms with Gasteiger partial charge in [-0.05, 0) is 37.5 Å². The largest absolute Gasteiger partial charge is 0.468 e. The molecule has 166 valence electrons. The van der Waals surface area contributed by atoms with Gasteiger partial charge in [0.25, 0.3) is 5.56 Å². The Kier molecular flexibility index (Phi) is 7.00. The van der Waals surface area contributed by atoms with Gasteiger partial charge in [-0.15, -0.1) is 0 Å². The summed E-state index contributed by atoms with van der Waals surface area (Å²) in [6, 6.07) is 9.43. The molecule has 2 atom stereocenters. The second kappa shape index (κ2) is 10.3. The number of methoxy groups -OCH3 is 1. The van der Waals surface area contributed by atoms with Gasteiger partial charge in [0, 0.05) is 24.3 Å². The van der Waals surface area contributed by atoms with Crippen LogP contribution >= 0.6 is 11.8 Å². The van der Waals surface area contributed by atoms with Crippen LogP contribution in [0.25, 0.3) is 5.69 Å². The van der Waals surface area contributed by atoms with Crippen molar-refractivity contribution >= 4 is 29.4 Å². The summed E-state index contributed by atoms with van der Waals surface area (Å²) in [6.07, 6.45) is 9.73. The van der Waals surface area contributed by atoms with Crippen molar-refractivity contribution in [3.8, 4) is 5.69 Å². The Hall–Kier alpha value is -3.40. The van der Waals surface area contributed by atoms with E-state index in [1.165, 1.54) is 24.9 Å². The highest BCUT2D eigenvalue weighted by Gasteiger charge is 2.25. The van der Waals surface area contributed by atoms with Gasteiger partial charge >= 0.3 is 5.97 Å².